The van der Waals surface area contributed by atoms with Gasteiger partial charge in [0.15, 0.2) is 0 Å². The maximum absolute atomic E-state index is 12.6. The van der Waals surface area contributed by atoms with Gasteiger partial charge in [0.05, 0.1) is 0 Å². The first-order valence-corrected chi connectivity index (χ1v) is 7.10. The van der Waals surface area contributed by atoms with Crippen LogP contribution in [0.3, 0.4) is 0 Å². The van der Waals surface area contributed by atoms with Gasteiger partial charge in [0.1, 0.15) is 12.1 Å². The SMILES string of the molecule is Cc1cccc(N2C(=O)C(CC(C)C)NC(=O)C2C)c1. The van der Waals surface area contributed by atoms with Crippen LogP contribution in [0.2, 0.25) is 0 Å². The van der Waals surface area contributed by atoms with Crippen LogP contribution >= 0.6 is 0 Å². The van der Waals surface area contributed by atoms with E-state index in [1.165, 1.54) is 0 Å². The number of rotatable bonds is 3. The smallest absolute Gasteiger partial charge is 0.250 e. The molecular weight excluding hydrogens is 252 g/mol. The van der Waals surface area contributed by atoms with E-state index in [9.17, 15) is 9.59 Å². The van der Waals surface area contributed by atoms with Gasteiger partial charge in [-0.05, 0) is 43.9 Å². The zero-order valence-corrected chi connectivity index (χ0v) is 12.5. The maximum atomic E-state index is 12.6. The minimum absolute atomic E-state index is 0.0172. The van der Waals surface area contributed by atoms with Gasteiger partial charge in [-0.15, -0.1) is 0 Å². The molecule has 1 N–H and O–H groups in total. The van der Waals surface area contributed by atoms with Crippen LogP contribution < -0.4 is 10.2 Å². The van der Waals surface area contributed by atoms with Gasteiger partial charge in [-0.2, -0.15) is 0 Å². The molecule has 2 unspecified atom stereocenters. The third kappa shape index (κ3) is 2.84. The fraction of sp³-hybridized carbons (Fsp3) is 0.500. The molecule has 2 atom stereocenters. The van der Waals surface area contributed by atoms with Crippen LogP contribution in [-0.4, -0.2) is 23.9 Å². The second-order valence-corrected chi connectivity index (χ2v) is 5.91. The number of amides is 2. The van der Waals surface area contributed by atoms with Gasteiger partial charge >= 0.3 is 0 Å². The molecule has 1 saturated heterocycles. The fourth-order valence-electron chi connectivity index (χ4n) is 2.59. The minimum Gasteiger partial charge on any atom is -0.342 e. The maximum Gasteiger partial charge on any atom is 0.250 e. The number of benzene rings is 1. The van der Waals surface area contributed by atoms with Crippen molar-refractivity contribution in [2.24, 2.45) is 5.92 Å². The topological polar surface area (TPSA) is 49.4 Å². The Bertz CT molecular complexity index is 525. The number of nitrogens with zero attached hydrogens (tertiary/aromatic N) is 1. The molecule has 0 saturated carbocycles. The average molecular weight is 274 g/mol. The lowest BCUT2D eigenvalue weighted by atomic mass is 9.98. The number of carbonyl (C=O) groups excluding carboxylic acids is 2. The lowest BCUT2D eigenvalue weighted by Crippen LogP contribution is -2.63. The Hall–Kier alpha value is -1.84. The summed E-state index contributed by atoms with van der Waals surface area (Å²) in [6.07, 6.45) is 0.666. The summed E-state index contributed by atoms with van der Waals surface area (Å²) in [5.74, 6) is 0.255. The van der Waals surface area contributed by atoms with Gasteiger partial charge in [-0.1, -0.05) is 26.0 Å². The first kappa shape index (κ1) is 14.6. The molecule has 1 aliphatic rings. The van der Waals surface area contributed by atoms with Crippen LogP contribution in [-0.2, 0) is 9.59 Å². The molecule has 4 nitrogen and oxygen atoms in total. The lowest BCUT2D eigenvalue weighted by Gasteiger charge is -2.38. The van der Waals surface area contributed by atoms with Gasteiger partial charge in [0.25, 0.3) is 0 Å². The van der Waals surface area contributed by atoms with Crippen molar-refractivity contribution in [1.82, 2.24) is 5.32 Å². The predicted octanol–water partition coefficient (Wildman–Crippen LogP) is 2.26. The number of carbonyl (C=O) groups is 2. The molecule has 1 heterocycles. The number of anilines is 1. The Balaban J connectivity index is 2.33. The van der Waals surface area contributed by atoms with E-state index in [0.717, 1.165) is 11.3 Å². The van der Waals surface area contributed by atoms with Crippen LogP contribution in [0.25, 0.3) is 0 Å². The van der Waals surface area contributed by atoms with E-state index < -0.39 is 12.1 Å². The van der Waals surface area contributed by atoms with Crippen LogP contribution in [0.1, 0.15) is 32.8 Å². The monoisotopic (exact) mass is 274 g/mol. The normalized spacial score (nSPS) is 23.1. The van der Waals surface area contributed by atoms with Crippen molar-refractivity contribution < 1.29 is 9.59 Å². The van der Waals surface area contributed by atoms with Gasteiger partial charge < -0.3 is 5.32 Å². The fourth-order valence-corrected chi connectivity index (χ4v) is 2.59. The Kier molecular flexibility index (Phi) is 4.12. The Morgan fingerprint density at radius 1 is 1.30 bits per heavy atom. The standard InChI is InChI=1S/C16H22N2O2/c1-10(2)8-14-16(20)18(12(4)15(19)17-14)13-7-5-6-11(3)9-13/h5-7,9-10,12,14H,8H2,1-4H3,(H,17,19). The quantitative estimate of drug-likeness (QED) is 0.919. The summed E-state index contributed by atoms with van der Waals surface area (Å²) in [6, 6.07) is 6.83. The molecule has 2 rings (SSSR count). The van der Waals surface area contributed by atoms with Gasteiger partial charge in [0, 0.05) is 5.69 Å². The molecule has 20 heavy (non-hydrogen) atoms. The second-order valence-electron chi connectivity index (χ2n) is 5.91. The van der Waals surface area contributed by atoms with Crippen LogP contribution in [0.4, 0.5) is 5.69 Å². The van der Waals surface area contributed by atoms with E-state index >= 15 is 0 Å². The van der Waals surface area contributed by atoms with E-state index in [4.69, 9.17) is 0 Å². The highest BCUT2D eigenvalue weighted by atomic mass is 16.2. The number of piperazine rings is 1. The van der Waals surface area contributed by atoms with E-state index in [1.807, 2.05) is 31.2 Å². The van der Waals surface area contributed by atoms with Crippen molar-refractivity contribution in [2.45, 2.75) is 46.2 Å². The van der Waals surface area contributed by atoms with Crippen molar-refractivity contribution >= 4 is 17.5 Å². The van der Waals surface area contributed by atoms with Crippen molar-refractivity contribution in [3.8, 4) is 0 Å². The van der Waals surface area contributed by atoms with Crippen molar-refractivity contribution in [3.05, 3.63) is 29.8 Å². The third-order valence-corrected chi connectivity index (χ3v) is 3.61. The molecule has 1 aromatic carbocycles. The van der Waals surface area contributed by atoms with Gasteiger partial charge in [-0.25, -0.2) is 0 Å². The number of nitrogens with one attached hydrogen (secondary N) is 1. The third-order valence-electron chi connectivity index (χ3n) is 3.61. The summed E-state index contributed by atoms with van der Waals surface area (Å²) in [7, 11) is 0. The van der Waals surface area contributed by atoms with Crippen LogP contribution in [0, 0.1) is 12.8 Å². The van der Waals surface area contributed by atoms with E-state index in [-0.39, 0.29) is 11.8 Å². The lowest BCUT2D eigenvalue weighted by molar-refractivity contribution is -0.133. The average Bonchev–Trinajstić information content (AvgIpc) is 2.36. The highest BCUT2D eigenvalue weighted by Gasteiger charge is 2.38. The molecule has 1 fully saturated rings. The first-order chi connectivity index (χ1) is 9.40. The molecule has 1 aromatic rings. The van der Waals surface area contributed by atoms with Crippen molar-refractivity contribution in [3.63, 3.8) is 0 Å². The van der Waals surface area contributed by atoms with Crippen molar-refractivity contribution in [1.29, 1.82) is 0 Å². The number of aryl methyl sites for hydroxylation is 1. The summed E-state index contributed by atoms with van der Waals surface area (Å²) in [4.78, 5) is 26.4. The molecule has 4 heteroatoms. The number of hydrogen-bond acceptors (Lipinski definition) is 2. The molecule has 108 valence electrons. The molecule has 0 aliphatic carbocycles. The predicted molar refractivity (Wildman–Crippen MR) is 79.5 cm³/mol. The summed E-state index contributed by atoms with van der Waals surface area (Å²) in [5, 5.41) is 2.83. The molecule has 1 aliphatic heterocycles. The van der Waals surface area contributed by atoms with Crippen molar-refractivity contribution in [2.75, 3.05) is 4.90 Å². The highest BCUT2D eigenvalue weighted by molar-refractivity contribution is 6.08. The molecular formula is C16H22N2O2. The second kappa shape index (κ2) is 5.65. The Morgan fingerprint density at radius 3 is 2.60 bits per heavy atom. The summed E-state index contributed by atoms with van der Waals surface area (Å²) in [5.41, 5.74) is 1.87. The largest absolute Gasteiger partial charge is 0.342 e. The first-order valence-electron chi connectivity index (χ1n) is 7.10. The molecule has 2 amide bonds. The Labute approximate surface area is 120 Å². The van der Waals surface area contributed by atoms with Gasteiger partial charge in [-0.3, -0.25) is 14.5 Å². The summed E-state index contributed by atoms with van der Waals surface area (Å²) >= 11 is 0. The van der Waals surface area contributed by atoms with Crippen LogP contribution in [0.15, 0.2) is 24.3 Å². The summed E-state index contributed by atoms with van der Waals surface area (Å²) < 4.78 is 0. The number of hydrogen-bond donors (Lipinski definition) is 1. The zero-order chi connectivity index (χ0) is 14.9. The van der Waals surface area contributed by atoms with Gasteiger partial charge in [0.2, 0.25) is 11.8 Å². The zero-order valence-electron chi connectivity index (χ0n) is 12.5. The molecule has 0 radical (unpaired) electrons. The Morgan fingerprint density at radius 2 is 2.00 bits per heavy atom. The molecule has 0 spiro atoms. The van der Waals surface area contributed by atoms with E-state index in [0.29, 0.717) is 12.3 Å². The molecule has 0 aromatic heterocycles. The van der Waals surface area contributed by atoms with E-state index in [1.54, 1.807) is 11.8 Å². The summed E-state index contributed by atoms with van der Waals surface area (Å²) in [6.45, 7) is 7.85. The highest BCUT2D eigenvalue weighted by Crippen LogP contribution is 2.24. The minimum atomic E-state index is -0.465. The molecule has 0 bridgehead atoms. The van der Waals surface area contributed by atoms with E-state index in [2.05, 4.69) is 19.2 Å². The van der Waals surface area contributed by atoms with Crippen LogP contribution in [0.5, 0.6) is 0 Å².